The van der Waals surface area contributed by atoms with Gasteiger partial charge in [-0.25, -0.2) is 4.52 Å². The molecule has 3 aromatic rings. The summed E-state index contributed by atoms with van der Waals surface area (Å²) in [6, 6.07) is 11.6. The van der Waals surface area contributed by atoms with Gasteiger partial charge in [-0.15, -0.1) is 0 Å². The third-order valence-electron chi connectivity index (χ3n) is 4.77. The first-order valence-corrected chi connectivity index (χ1v) is 9.92. The van der Waals surface area contributed by atoms with Crippen molar-refractivity contribution in [2.24, 2.45) is 0 Å². The Morgan fingerprint density at radius 2 is 2.03 bits per heavy atom. The van der Waals surface area contributed by atoms with E-state index in [-0.39, 0.29) is 13.0 Å². The molecular weight excluding hydrogens is 392 g/mol. The summed E-state index contributed by atoms with van der Waals surface area (Å²) >= 11 is 6.25. The predicted octanol–water partition coefficient (Wildman–Crippen LogP) is 4.69. The van der Waals surface area contributed by atoms with E-state index in [0.29, 0.717) is 23.6 Å². The molecule has 0 fully saturated rings. The second-order valence-corrected chi connectivity index (χ2v) is 7.25. The van der Waals surface area contributed by atoms with Gasteiger partial charge in [0.05, 0.1) is 5.52 Å². The van der Waals surface area contributed by atoms with E-state index >= 15 is 0 Å². The molecule has 2 aromatic heterocycles. The molecular formula is C22H23ClN2O4. The molecule has 0 aliphatic heterocycles. The maximum Gasteiger partial charge on any atom is 0.303 e. The van der Waals surface area contributed by atoms with Gasteiger partial charge < -0.3 is 9.84 Å². The van der Waals surface area contributed by atoms with Crippen LogP contribution in [-0.4, -0.2) is 26.7 Å². The summed E-state index contributed by atoms with van der Waals surface area (Å²) in [6.45, 7) is 3.44. The van der Waals surface area contributed by atoms with Crippen molar-refractivity contribution in [2.75, 3.05) is 0 Å². The van der Waals surface area contributed by atoms with Crippen molar-refractivity contribution < 1.29 is 19.4 Å². The van der Waals surface area contributed by atoms with E-state index < -0.39 is 11.9 Å². The molecule has 0 unspecified atom stereocenters. The van der Waals surface area contributed by atoms with Gasteiger partial charge in [-0.2, -0.15) is 5.10 Å². The van der Waals surface area contributed by atoms with Crippen LogP contribution in [0.15, 0.2) is 36.4 Å². The molecule has 152 valence electrons. The van der Waals surface area contributed by atoms with Crippen molar-refractivity contribution in [1.82, 2.24) is 9.61 Å². The predicted molar refractivity (Wildman–Crippen MR) is 111 cm³/mol. The Morgan fingerprint density at radius 1 is 1.24 bits per heavy atom. The molecule has 7 heteroatoms. The van der Waals surface area contributed by atoms with E-state index in [0.717, 1.165) is 34.3 Å². The number of halogens is 1. The first-order valence-electron chi connectivity index (χ1n) is 9.54. The molecule has 1 aromatic carbocycles. The molecule has 0 saturated heterocycles. The van der Waals surface area contributed by atoms with Crippen molar-refractivity contribution in [2.45, 2.75) is 46.1 Å². The zero-order valence-electron chi connectivity index (χ0n) is 16.4. The number of fused-ring (bicyclic) bond motifs is 1. The number of rotatable bonds is 8. The van der Waals surface area contributed by atoms with Crippen LogP contribution in [0.2, 0.25) is 5.02 Å². The molecule has 29 heavy (non-hydrogen) atoms. The van der Waals surface area contributed by atoms with Gasteiger partial charge >= 0.3 is 11.9 Å². The second kappa shape index (κ2) is 9.09. The Balaban J connectivity index is 2.24. The molecule has 1 N–H and O–H groups in total. The summed E-state index contributed by atoms with van der Waals surface area (Å²) < 4.78 is 7.12. The molecule has 0 atom stereocenters. The van der Waals surface area contributed by atoms with E-state index in [1.807, 2.05) is 40.9 Å². The zero-order chi connectivity index (χ0) is 21.0. The lowest BCUT2D eigenvalue weighted by atomic mass is 9.94. The maximum atomic E-state index is 11.4. The zero-order valence-corrected chi connectivity index (χ0v) is 17.2. The first-order chi connectivity index (χ1) is 13.9. The number of hydrogen-bond acceptors (Lipinski definition) is 4. The number of carbonyl (C=O) groups excluding carboxylic acids is 1. The van der Waals surface area contributed by atoms with Crippen LogP contribution in [0.1, 0.15) is 43.6 Å². The molecule has 0 radical (unpaired) electrons. The Bertz CT molecular complexity index is 1060. The van der Waals surface area contributed by atoms with Crippen LogP contribution in [-0.2, 0) is 33.8 Å². The van der Waals surface area contributed by atoms with E-state index in [1.54, 1.807) is 0 Å². The van der Waals surface area contributed by atoms with Crippen molar-refractivity contribution in [3.05, 3.63) is 58.4 Å². The van der Waals surface area contributed by atoms with Crippen molar-refractivity contribution in [3.63, 3.8) is 0 Å². The highest BCUT2D eigenvalue weighted by molar-refractivity contribution is 6.30. The third-order valence-corrected chi connectivity index (χ3v) is 5.00. The number of aromatic nitrogens is 2. The van der Waals surface area contributed by atoms with Gasteiger partial charge in [-0.3, -0.25) is 9.59 Å². The summed E-state index contributed by atoms with van der Waals surface area (Å²) in [5.74, 6) is -1.24. The van der Waals surface area contributed by atoms with Gasteiger partial charge in [0.25, 0.3) is 0 Å². The van der Waals surface area contributed by atoms with Gasteiger partial charge in [0.1, 0.15) is 12.3 Å². The fourth-order valence-corrected chi connectivity index (χ4v) is 3.65. The molecule has 0 bridgehead atoms. The average Bonchev–Trinajstić information content (AvgIpc) is 3.08. The van der Waals surface area contributed by atoms with Crippen molar-refractivity contribution in [1.29, 1.82) is 0 Å². The van der Waals surface area contributed by atoms with E-state index in [1.165, 1.54) is 6.92 Å². The van der Waals surface area contributed by atoms with Gasteiger partial charge in [-0.1, -0.05) is 30.7 Å². The highest BCUT2D eigenvalue weighted by Gasteiger charge is 2.19. The van der Waals surface area contributed by atoms with Crippen molar-refractivity contribution >= 4 is 29.1 Å². The molecule has 0 aliphatic rings. The number of hydrogen-bond donors (Lipinski definition) is 1. The number of nitrogens with zero attached hydrogens (tertiary/aromatic N) is 2. The normalized spacial score (nSPS) is 11.0. The number of aliphatic carboxylic acids is 1. The lowest BCUT2D eigenvalue weighted by molar-refractivity contribution is -0.142. The minimum Gasteiger partial charge on any atom is -0.481 e. The van der Waals surface area contributed by atoms with Crippen LogP contribution in [0.3, 0.4) is 0 Å². The second-order valence-electron chi connectivity index (χ2n) is 6.81. The molecule has 0 amide bonds. The number of esters is 1. The van der Waals surface area contributed by atoms with E-state index in [4.69, 9.17) is 26.5 Å². The minimum absolute atomic E-state index is 0.0303. The Hall–Kier alpha value is -2.86. The minimum atomic E-state index is -0.846. The summed E-state index contributed by atoms with van der Waals surface area (Å²) in [5, 5.41) is 14.4. The Morgan fingerprint density at radius 3 is 2.69 bits per heavy atom. The van der Waals surface area contributed by atoms with Gasteiger partial charge in [0.15, 0.2) is 0 Å². The van der Waals surface area contributed by atoms with Crippen LogP contribution < -0.4 is 0 Å². The monoisotopic (exact) mass is 414 g/mol. The molecule has 2 heterocycles. The van der Waals surface area contributed by atoms with E-state index in [9.17, 15) is 9.59 Å². The summed E-state index contributed by atoms with van der Waals surface area (Å²) in [6.07, 6.45) is 1.80. The SMILES string of the molecule is CCc1ccc2c(-c3cccc(Cl)c3)c(CCCC(=O)O)c(COC(C)=O)nn12. The molecule has 6 nitrogen and oxygen atoms in total. The van der Waals surface area contributed by atoms with Crippen LogP contribution in [0, 0.1) is 0 Å². The van der Waals surface area contributed by atoms with Crippen LogP contribution in [0.4, 0.5) is 0 Å². The Labute approximate surface area is 174 Å². The number of carboxylic acid groups (broad SMARTS) is 1. The highest BCUT2D eigenvalue weighted by atomic mass is 35.5. The lowest BCUT2D eigenvalue weighted by Gasteiger charge is -2.17. The number of benzene rings is 1. The standard InChI is InChI=1S/C22H23ClN2O4/c1-3-17-10-11-20-22(15-6-4-7-16(23)12-15)18(8-5-9-21(27)28)19(24-25(17)20)13-29-14(2)26/h4,6-7,10-12H,3,5,8-9,13H2,1-2H3,(H,27,28). The fourth-order valence-electron chi connectivity index (χ4n) is 3.46. The van der Waals surface area contributed by atoms with E-state index in [2.05, 4.69) is 6.92 Å². The maximum absolute atomic E-state index is 11.4. The molecule has 3 rings (SSSR count). The quantitative estimate of drug-likeness (QED) is 0.541. The highest BCUT2D eigenvalue weighted by Crippen LogP contribution is 2.34. The van der Waals surface area contributed by atoms with Gasteiger partial charge in [0, 0.05) is 29.6 Å². The third kappa shape index (κ3) is 4.77. The topological polar surface area (TPSA) is 80.9 Å². The van der Waals surface area contributed by atoms with Crippen LogP contribution >= 0.6 is 11.6 Å². The number of carbonyl (C=O) groups is 2. The first kappa shape index (κ1) is 20.9. The lowest BCUT2D eigenvalue weighted by Crippen LogP contribution is -2.12. The molecule has 0 spiro atoms. The summed E-state index contributed by atoms with van der Waals surface area (Å²) in [4.78, 5) is 22.5. The average molecular weight is 415 g/mol. The van der Waals surface area contributed by atoms with Crippen LogP contribution in [0.25, 0.3) is 16.6 Å². The summed E-state index contributed by atoms with van der Waals surface area (Å²) in [7, 11) is 0. The summed E-state index contributed by atoms with van der Waals surface area (Å²) in [5.41, 5.74) is 5.31. The number of carboxylic acids is 1. The van der Waals surface area contributed by atoms with Crippen LogP contribution in [0.5, 0.6) is 0 Å². The fraction of sp³-hybridized carbons (Fsp3) is 0.318. The molecule has 0 aliphatic carbocycles. The molecule has 0 saturated carbocycles. The van der Waals surface area contributed by atoms with Crippen molar-refractivity contribution in [3.8, 4) is 11.1 Å². The van der Waals surface area contributed by atoms with Gasteiger partial charge in [-0.05, 0) is 54.7 Å². The largest absolute Gasteiger partial charge is 0.481 e. The van der Waals surface area contributed by atoms with Gasteiger partial charge in [0.2, 0.25) is 0 Å². The number of ether oxygens (including phenoxy) is 1. The smallest absolute Gasteiger partial charge is 0.303 e. The number of aryl methyl sites for hydroxylation is 1. The Kier molecular flexibility index (Phi) is 6.54.